The molecular weight excluding hydrogens is 571 g/mol. The van der Waals surface area contributed by atoms with Crippen molar-refractivity contribution >= 4 is 83.7 Å². The van der Waals surface area contributed by atoms with Gasteiger partial charge < -0.3 is 0 Å². The number of benzene rings is 1. The van der Waals surface area contributed by atoms with Crippen molar-refractivity contribution < 1.29 is 13.2 Å². The van der Waals surface area contributed by atoms with Crippen LogP contribution in [0, 0.1) is 10.7 Å². The van der Waals surface area contributed by atoms with E-state index in [-0.39, 0.29) is 0 Å². The Morgan fingerprint density at radius 3 is 2.00 bits per heavy atom. The van der Waals surface area contributed by atoms with Crippen molar-refractivity contribution in [3.05, 3.63) is 28.4 Å². The number of sulfonamides is 1. The smallest absolute Gasteiger partial charge is 0.266 e. The van der Waals surface area contributed by atoms with Gasteiger partial charge in [0.1, 0.15) is 0 Å². The number of hydrogen-bond donors (Lipinski definition) is 1. The third-order valence-corrected chi connectivity index (χ3v) is 4.39. The summed E-state index contributed by atoms with van der Waals surface area (Å²) >= 11 is 6.17. The maximum atomic E-state index is 11.7. The SMILES string of the molecule is CS(=O)(=O)NC(=O)c1c(I)cc(I)cc1I. The molecule has 0 aromatic heterocycles. The van der Waals surface area contributed by atoms with Gasteiger partial charge in [-0.1, -0.05) is 0 Å². The van der Waals surface area contributed by atoms with Crippen LogP contribution in [0.5, 0.6) is 0 Å². The number of carbonyl (C=O) groups excluding carboxylic acids is 1. The summed E-state index contributed by atoms with van der Waals surface area (Å²) in [6.07, 6.45) is 0.956. The van der Waals surface area contributed by atoms with Crippen LogP contribution in [0.15, 0.2) is 12.1 Å². The van der Waals surface area contributed by atoms with Gasteiger partial charge in [0.25, 0.3) is 5.91 Å². The van der Waals surface area contributed by atoms with E-state index in [1.54, 1.807) is 0 Å². The Bertz CT molecular complexity index is 518. The highest BCUT2D eigenvalue weighted by Crippen LogP contribution is 2.22. The molecule has 16 heavy (non-hydrogen) atoms. The molecule has 0 fully saturated rings. The molecule has 0 radical (unpaired) electrons. The fourth-order valence-corrected chi connectivity index (χ4v) is 5.49. The van der Waals surface area contributed by atoms with Crippen molar-refractivity contribution in [3.8, 4) is 0 Å². The van der Waals surface area contributed by atoms with Gasteiger partial charge in [-0.15, -0.1) is 0 Å². The highest BCUT2D eigenvalue weighted by Gasteiger charge is 2.17. The molecule has 0 aliphatic heterocycles. The largest absolute Gasteiger partial charge is 0.268 e. The van der Waals surface area contributed by atoms with Crippen LogP contribution in [0.3, 0.4) is 0 Å². The van der Waals surface area contributed by atoms with E-state index >= 15 is 0 Å². The second-order valence-electron chi connectivity index (χ2n) is 2.95. The minimum Gasteiger partial charge on any atom is -0.268 e. The van der Waals surface area contributed by atoms with Gasteiger partial charge in [0.2, 0.25) is 10.0 Å². The molecule has 0 aliphatic carbocycles. The summed E-state index contributed by atoms with van der Waals surface area (Å²) in [4.78, 5) is 11.7. The van der Waals surface area contributed by atoms with E-state index in [1.165, 1.54) is 0 Å². The first-order valence-electron chi connectivity index (χ1n) is 3.87. The Morgan fingerprint density at radius 1 is 1.19 bits per heavy atom. The van der Waals surface area contributed by atoms with E-state index in [4.69, 9.17) is 0 Å². The Kier molecular flexibility index (Phi) is 5.25. The van der Waals surface area contributed by atoms with Crippen LogP contribution in [0.4, 0.5) is 0 Å². The van der Waals surface area contributed by atoms with E-state index in [1.807, 2.05) is 62.0 Å². The molecule has 1 aromatic carbocycles. The highest BCUT2D eigenvalue weighted by atomic mass is 127. The van der Waals surface area contributed by atoms with Gasteiger partial charge in [-0.3, -0.25) is 4.79 Å². The molecule has 0 unspecified atom stereocenters. The molecule has 0 saturated carbocycles. The number of hydrogen-bond acceptors (Lipinski definition) is 3. The molecular formula is C8H6I3NO3S. The zero-order valence-electron chi connectivity index (χ0n) is 7.92. The molecule has 8 heteroatoms. The minimum absolute atomic E-state index is 0.395. The summed E-state index contributed by atoms with van der Waals surface area (Å²) < 4.78 is 26.4. The molecule has 0 bridgehead atoms. The van der Waals surface area contributed by atoms with E-state index in [0.29, 0.717) is 5.56 Å². The van der Waals surface area contributed by atoms with Gasteiger partial charge in [0.15, 0.2) is 0 Å². The normalized spacial score (nSPS) is 11.2. The summed E-state index contributed by atoms with van der Waals surface area (Å²) in [5.74, 6) is -0.590. The highest BCUT2D eigenvalue weighted by molar-refractivity contribution is 14.1. The third kappa shape index (κ3) is 4.25. The first-order chi connectivity index (χ1) is 7.20. The van der Waals surface area contributed by atoms with Gasteiger partial charge in [0, 0.05) is 10.7 Å². The summed E-state index contributed by atoms with van der Waals surface area (Å²) in [5, 5.41) is 0. The van der Waals surface area contributed by atoms with Crippen LogP contribution < -0.4 is 4.72 Å². The standard InChI is InChI=1S/C8H6I3NO3S/c1-16(14,15)12-8(13)7-5(10)2-4(9)3-6(7)11/h2-3H,1H3,(H,12,13). The molecule has 4 nitrogen and oxygen atoms in total. The van der Waals surface area contributed by atoms with Crippen molar-refractivity contribution in [1.82, 2.24) is 4.72 Å². The van der Waals surface area contributed by atoms with Gasteiger partial charge in [-0.25, -0.2) is 13.1 Å². The molecule has 0 atom stereocenters. The molecule has 1 aromatic rings. The summed E-state index contributed by atoms with van der Waals surface area (Å²) in [7, 11) is -3.52. The Balaban J connectivity index is 3.19. The van der Waals surface area contributed by atoms with E-state index in [9.17, 15) is 13.2 Å². The predicted octanol–water partition coefficient (Wildman–Crippen LogP) is 2.19. The van der Waals surface area contributed by atoms with E-state index in [2.05, 4.69) is 22.6 Å². The average Bonchev–Trinajstić information content (AvgIpc) is 1.96. The van der Waals surface area contributed by atoms with E-state index in [0.717, 1.165) is 17.0 Å². The summed E-state index contributed by atoms with van der Waals surface area (Å²) in [6, 6.07) is 3.64. The number of nitrogens with one attached hydrogen (secondary N) is 1. The number of rotatable bonds is 2. The van der Waals surface area contributed by atoms with Crippen molar-refractivity contribution in [3.63, 3.8) is 0 Å². The van der Waals surface area contributed by atoms with Crippen molar-refractivity contribution in [2.24, 2.45) is 0 Å². The van der Waals surface area contributed by atoms with Crippen LogP contribution in [0.1, 0.15) is 10.4 Å². The van der Waals surface area contributed by atoms with Crippen LogP contribution >= 0.6 is 67.8 Å². The van der Waals surface area contributed by atoms with Gasteiger partial charge >= 0.3 is 0 Å². The van der Waals surface area contributed by atoms with Crippen LogP contribution in [0.25, 0.3) is 0 Å². The van der Waals surface area contributed by atoms with Gasteiger partial charge in [-0.05, 0) is 79.9 Å². The van der Waals surface area contributed by atoms with Crippen molar-refractivity contribution in [2.45, 2.75) is 0 Å². The number of carbonyl (C=O) groups is 1. The molecule has 0 spiro atoms. The van der Waals surface area contributed by atoms with Crippen molar-refractivity contribution in [1.29, 1.82) is 0 Å². The lowest BCUT2D eigenvalue weighted by Gasteiger charge is -2.08. The van der Waals surface area contributed by atoms with Gasteiger partial charge in [0.05, 0.1) is 11.8 Å². The molecule has 1 N–H and O–H groups in total. The molecule has 1 amide bonds. The maximum Gasteiger partial charge on any atom is 0.266 e. The Hall–Kier alpha value is 0.830. The second kappa shape index (κ2) is 5.65. The van der Waals surface area contributed by atoms with Crippen LogP contribution in [0.2, 0.25) is 0 Å². The topological polar surface area (TPSA) is 63.2 Å². The fraction of sp³-hybridized carbons (Fsp3) is 0.125. The average molecular weight is 577 g/mol. The zero-order valence-corrected chi connectivity index (χ0v) is 15.2. The Labute approximate surface area is 134 Å². The zero-order chi connectivity index (χ0) is 12.5. The first kappa shape index (κ1) is 14.9. The quantitative estimate of drug-likeness (QED) is 0.549. The monoisotopic (exact) mass is 577 g/mol. The summed E-state index contributed by atoms with van der Waals surface area (Å²) in [5.41, 5.74) is 0.395. The molecule has 0 aliphatic rings. The van der Waals surface area contributed by atoms with Crippen LogP contribution in [-0.2, 0) is 10.0 Å². The third-order valence-electron chi connectivity index (χ3n) is 1.51. The predicted molar refractivity (Wildman–Crippen MR) is 86.9 cm³/mol. The number of halogens is 3. The molecule has 0 heterocycles. The lowest BCUT2D eigenvalue weighted by atomic mass is 10.2. The maximum absolute atomic E-state index is 11.7. The Morgan fingerprint density at radius 2 is 1.62 bits per heavy atom. The lowest BCUT2D eigenvalue weighted by Crippen LogP contribution is -2.30. The van der Waals surface area contributed by atoms with Gasteiger partial charge in [-0.2, -0.15) is 0 Å². The minimum atomic E-state index is -3.52. The van der Waals surface area contributed by atoms with Crippen LogP contribution in [-0.4, -0.2) is 20.6 Å². The fourth-order valence-electron chi connectivity index (χ4n) is 0.979. The second-order valence-corrected chi connectivity index (χ2v) is 8.27. The number of amides is 1. The molecule has 1 rings (SSSR count). The van der Waals surface area contributed by atoms with Crippen molar-refractivity contribution in [2.75, 3.05) is 6.26 Å². The van der Waals surface area contributed by atoms with E-state index < -0.39 is 15.9 Å². The molecule has 88 valence electrons. The first-order valence-corrected chi connectivity index (χ1v) is 9.00. The lowest BCUT2D eigenvalue weighted by molar-refractivity contribution is 0.0980. The summed E-state index contributed by atoms with van der Waals surface area (Å²) in [6.45, 7) is 0. The molecule has 0 saturated heterocycles.